The van der Waals surface area contributed by atoms with Crippen LogP contribution in [-0.4, -0.2) is 118 Å². The first kappa shape index (κ1) is 77.9. The van der Waals surface area contributed by atoms with Gasteiger partial charge in [-0.1, -0.05) is 142 Å². The summed E-state index contributed by atoms with van der Waals surface area (Å²) < 4.78 is 26.3. The number of hydrogen-bond acceptors (Lipinski definition) is 6. The largest absolute Gasteiger partial charge is 1.00 e. The topological polar surface area (TPSA) is 72.4 Å². The molecule has 0 aromatic carbocycles. The zero-order valence-corrected chi connectivity index (χ0v) is 48.6. The number of alkyl halides is 2. The van der Waals surface area contributed by atoms with E-state index in [1.165, 1.54) is 62.6 Å². The number of halogens is 2. The fourth-order valence-corrected chi connectivity index (χ4v) is 5.45. The molecule has 0 radical (unpaired) electrons. The van der Waals surface area contributed by atoms with Crippen molar-refractivity contribution < 1.29 is 69.7 Å². The number of allylic oxidation sites excluding steroid dienone is 2. The van der Waals surface area contributed by atoms with Gasteiger partial charge in [0, 0.05) is 51.9 Å². The molecule has 11 heteroatoms. The average molecular weight is 904 g/mol. The Kier molecular flexibility index (Phi) is 71.4. The predicted molar refractivity (Wildman–Crippen MR) is 269 cm³/mol. The van der Waals surface area contributed by atoms with Crippen molar-refractivity contribution in [2.45, 2.75) is 200 Å². The summed E-state index contributed by atoms with van der Waals surface area (Å²) in [5.74, 6) is 2.83. The molecule has 61 heavy (non-hydrogen) atoms. The third-order valence-corrected chi connectivity index (χ3v) is 10.3. The molecule has 0 aromatic heterocycles. The predicted octanol–water partition coefficient (Wildman–Crippen LogP) is 9.91. The van der Waals surface area contributed by atoms with Crippen molar-refractivity contribution in [1.82, 2.24) is 25.3 Å². The molecule has 1 saturated heterocycles. The van der Waals surface area contributed by atoms with Crippen LogP contribution >= 0.6 is 0 Å². The maximum Gasteiger partial charge on any atom is 1.00 e. The number of ether oxygens (including phenoxy) is 1. The number of nitrogens with zero attached hydrogens (tertiary/aromatic N) is 4. The maximum absolute atomic E-state index is 11.2. The summed E-state index contributed by atoms with van der Waals surface area (Å²) in [6, 6.07) is 1.76. The quantitative estimate of drug-likeness (QED) is 0.0402. The van der Waals surface area contributed by atoms with E-state index in [2.05, 4.69) is 127 Å². The minimum atomic E-state index is -2.17. The fourth-order valence-electron chi connectivity index (χ4n) is 5.45. The molecule has 2 saturated carbocycles. The van der Waals surface area contributed by atoms with Crippen molar-refractivity contribution >= 4 is 12.2 Å². The summed E-state index contributed by atoms with van der Waals surface area (Å²) in [7, 11) is 11.4. The van der Waals surface area contributed by atoms with Gasteiger partial charge in [0.05, 0.1) is 11.9 Å². The molecule has 3 aliphatic rings. The molecule has 2 N–H and O–H groups in total. The van der Waals surface area contributed by atoms with Crippen LogP contribution in [0.25, 0.3) is 0 Å². The number of carbonyl (C=O) groups excluding carboxylic acids is 1. The zero-order chi connectivity index (χ0) is 48.9. The summed E-state index contributed by atoms with van der Waals surface area (Å²) in [5.41, 5.74) is 0.218. The zero-order valence-electron chi connectivity index (χ0n) is 45.5. The van der Waals surface area contributed by atoms with Crippen molar-refractivity contribution in [3.63, 3.8) is 0 Å². The minimum absolute atomic E-state index is 0. The number of aliphatic imine (C=N–C) groups is 1. The van der Waals surface area contributed by atoms with Crippen LogP contribution in [0.4, 0.5) is 8.78 Å². The summed E-state index contributed by atoms with van der Waals surface area (Å²) in [6.07, 6.45) is 13.2. The van der Waals surface area contributed by atoms with Crippen LogP contribution in [0.1, 0.15) is 170 Å². The molecule has 3 fully saturated rings. The van der Waals surface area contributed by atoms with Gasteiger partial charge in [-0.3, -0.25) is 16.8 Å². The second-order valence-electron chi connectivity index (χ2n) is 14.5. The van der Waals surface area contributed by atoms with Crippen LogP contribution in [0.3, 0.4) is 0 Å². The second-order valence-corrected chi connectivity index (χ2v) is 14.5. The van der Waals surface area contributed by atoms with Crippen LogP contribution in [-0.2, 0) is 9.53 Å². The molecule has 1 heterocycles. The van der Waals surface area contributed by atoms with E-state index >= 15 is 0 Å². The Hall–Kier alpha value is -0.244. The van der Waals surface area contributed by atoms with Gasteiger partial charge < -0.3 is 30.1 Å². The van der Waals surface area contributed by atoms with E-state index in [0.29, 0.717) is 36.4 Å². The summed E-state index contributed by atoms with van der Waals surface area (Å²) in [5, 5.41) is 6.58. The normalized spacial score (nSPS) is 19.4. The first-order chi connectivity index (χ1) is 28.5. The maximum atomic E-state index is 11.2. The van der Waals surface area contributed by atoms with Gasteiger partial charge in [0.15, 0.2) is 0 Å². The second kappa shape index (κ2) is 55.9. The van der Waals surface area contributed by atoms with Crippen molar-refractivity contribution in [2.75, 3.05) is 61.0 Å². The molecule has 8 nitrogen and oxygen atoms in total. The van der Waals surface area contributed by atoms with Gasteiger partial charge in [-0.25, -0.2) is 8.78 Å². The number of carbonyl (C=O) groups is 1. The summed E-state index contributed by atoms with van der Waals surface area (Å²) >= 11 is 0. The number of nitrogens with one attached hydrogen (secondary N) is 2. The molecule has 7 atom stereocenters. The molecule has 0 spiro atoms. The van der Waals surface area contributed by atoms with Crippen molar-refractivity contribution in [1.29, 1.82) is 0 Å². The average Bonchev–Trinajstić information content (AvgIpc) is 4.22. The molecule has 0 aromatic rings. The molecule has 2 aliphatic carbocycles. The third kappa shape index (κ3) is 46.1. The van der Waals surface area contributed by atoms with E-state index < -0.39 is 6.43 Å². The van der Waals surface area contributed by atoms with Gasteiger partial charge >= 0.3 is 51.4 Å². The van der Waals surface area contributed by atoms with E-state index in [1.54, 1.807) is 7.05 Å². The van der Waals surface area contributed by atoms with Gasteiger partial charge in [-0.15, -0.1) is 0 Å². The molecule has 5 unspecified atom stereocenters. The number of methoxy groups -OCH3 is 1. The fraction of sp³-hybridized carbons (Fsp3) is 0.860. The van der Waals surface area contributed by atoms with Crippen molar-refractivity contribution in [3.8, 4) is 0 Å². The van der Waals surface area contributed by atoms with Crippen LogP contribution < -0.4 is 62.0 Å². The van der Waals surface area contributed by atoms with Crippen LogP contribution in [0.15, 0.2) is 29.8 Å². The van der Waals surface area contributed by atoms with Crippen LogP contribution in [0.2, 0.25) is 0 Å². The summed E-state index contributed by atoms with van der Waals surface area (Å²) in [4.78, 5) is 21.0. The molecule has 1 aliphatic heterocycles. The van der Waals surface area contributed by atoms with E-state index in [-0.39, 0.29) is 62.9 Å². The summed E-state index contributed by atoms with van der Waals surface area (Å²) in [6.45, 7) is 47.2. The van der Waals surface area contributed by atoms with Gasteiger partial charge in [0.1, 0.15) is 0 Å². The Morgan fingerprint density at radius 3 is 1.66 bits per heavy atom. The first-order valence-corrected chi connectivity index (χ1v) is 23.9. The van der Waals surface area contributed by atoms with Crippen molar-refractivity contribution in [3.05, 3.63) is 31.9 Å². The number of amides is 1. The van der Waals surface area contributed by atoms with E-state index in [1.807, 2.05) is 75.9 Å². The molecular formula is C50H109F2KN6O2. The smallest absolute Gasteiger partial charge is 0.491 e. The van der Waals surface area contributed by atoms with Crippen LogP contribution in [0, 0.1) is 30.7 Å². The van der Waals surface area contributed by atoms with Gasteiger partial charge in [0.2, 0.25) is 12.3 Å². The molecular weight excluding hydrogens is 794 g/mol. The van der Waals surface area contributed by atoms with Gasteiger partial charge in [-0.05, 0) is 103 Å². The molecule has 366 valence electrons. The van der Waals surface area contributed by atoms with Gasteiger partial charge in [0.25, 0.3) is 0 Å². The Labute approximate surface area is 425 Å². The SMILES string of the molecule is C/C=C\C(C)C(C)C(C)C1(OC)CC1.C=CC(=O)N([CH2-])CCN[C@H]1CN(C=NC)C1C.CC.CC.CC.CC.CC(F)F.CCCC.CCCN(C)CC.CN[C@@H]1CC1C.[K+]. The van der Waals surface area contributed by atoms with Crippen LogP contribution in [0.5, 0.6) is 0 Å². The van der Waals surface area contributed by atoms with E-state index in [0.717, 1.165) is 32.0 Å². The Bertz CT molecular complexity index is 920. The first-order valence-electron chi connectivity index (χ1n) is 23.9. The van der Waals surface area contributed by atoms with Crippen molar-refractivity contribution in [2.24, 2.45) is 28.7 Å². The molecule has 3 rings (SSSR count). The van der Waals surface area contributed by atoms with E-state index in [4.69, 9.17) is 4.74 Å². The Morgan fingerprint density at radius 2 is 1.41 bits per heavy atom. The standard InChI is InChI=1S/C13H24O.C12H21N4O.C6H15N.C5H11N.C4H10.C2H4F2.4C2H6.K/c1-6-7-10(2)11(3)12(4)13(14-5)8-9-13;1-5-12(17)15(4)7-6-14-11-8-16(9-13-3)10(11)2;1-4-6-7(3)5-2;1-4-3-5(4)6-2;1-3-4-2;1-2(3)4;4*1-2;/h6-7,10-12H,8-9H2,1-5H3;5,9-11,14H,1,4,6-8H2,2-3H3;4-6H2,1-3H3;4-6H,3H2,1-2H3;3-4H2,1-2H3;2H,1H3;4*1-2H3;/q;-1;;;;;;;;;+1/b7-6-;;;;;;;;;;/t;10?,11-;;4?,5-;;;;;;;/m.0.1......./s1. The van der Waals surface area contributed by atoms with E-state index in [9.17, 15) is 13.6 Å². The molecule has 0 bridgehead atoms. The number of rotatable bonds is 16. The minimum Gasteiger partial charge on any atom is -0.491 e. The number of likely N-dealkylation sites (tertiary alicyclic amines) is 1. The number of hydrogen-bond donors (Lipinski definition) is 2. The number of unbranched alkanes of at least 4 members (excludes halogenated alkanes) is 1. The Balaban J connectivity index is -0.0000000952. The monoisotopic (exact) mass is 903 g/mol. The Morgan fingerprint density at radius 1 is 0.951 bits per heavy atom. The third-order valence-electron chi connectivity index (χ3n) is 10.3. The van der Waals surface area contributed by atoms with Gasteiger partial charge in [-0.2, -0.15) is 0 Å². The molecule has 1 amide bonds.